The van der Waals surface area contributed by atoms with Gasteiger partial charge in [0.05, 0.1) is 0 Å². The highest BCUT2D eigenvalue weighted by molar-refractivity contribution is 7.13. The molecule has 1 saturated carbocycles. The van der Waals surface area contributed by atoms with Crippen LogP contribution in [0.1, 0.15) is 25.7 Å². The maximum Gasteiger partial charge on any atom is 0.185 e. The molecule has 0 radical (unpaired) electrons. The van der Waals surface area contributed by atoms with E-state index in [9.17, 15) is 0 Å². The van der Waals surface area contributed by atoms with Crippen LogP contribution >= 0.6 is 11.3 Å². The van der Waals surface area contributed by atoms with Gasteiger partial charge in [-0.3, -0.25) is 0 Å². The number of thiazole rings is 1. The van der Waals surface area contributed by atoms with E-state index < -0.39 is 0 Å². The quantitative estimate of drug-likeness (QED) is 0.856. The molecule has 1 aliphatic carbocycles. The normalized spacial score (nSPS) is 26.5. The molecular formula is C11H19N3S. The van der Waals surface area contributed by atoms with E-state index in [0.717, 1.165) is 11.7 Å². The Morgan fingerprint density at radius 1 is 1.53 bits per heavy atom. The first kappa shape index (κ1) is 10.9. The Kier molecular flexibility index (Phi) is 3.59. The van der Waals surface area contributed by atoms with Gasteiger partial charge in [-0.25, -0.2) is 4.98 Å². The standard InChI is InChI=1S/C11H19N3S/c1-14(11-13-6-7-15-11)10-5-3-2-4-9(10)8-12/h6-7,9-10H,2-5,8,12H2,1H3. The Bertz CT molecular complexity index is 286. The second-order valence-corrected chi connectivity index (χ2v) is 5.15. The summed E-state index contributed by atoms with van der Waals surface area (Å²) in [6.07, 6.45) is 7.08. The number of nitrogens with two attached hydrogens (primary N) is 1. The summed E-state index contributed by atoms with van der Waals surface area (Å²) in [7, 11) is 2.15. The van der Waals surface area contributed by atoms with Gasteiger partial charge in [0.15, 0.2) is 5.13 Å². The highest BCUT2D eigenvalue weighted by Crippen LogP contribution is 2.30. The summed E-state index contributed by atoms with van der Waals surface area (Å²) >= 11 is 1.71. The minimum absolute atomic E-state index is 0.592. The van der Waals surface area contributed by atoms with Crippen molar-refractivity contribution in [2.24, 2.45) is 11.7 Å². The van der Waals surface area contributed by atoms with Gasteiger partial charge >= 0.3 is 0 Å². The molecule has 1 aromatic heterocycles. The van der Waals surface area contributed by atoms with Crippen molar-refractivity contribution >= 4 is 16.5 Å². The molecule has 84 valence electrons. The van der Waals surface area contributed by atoms with Crippen LogP contribution in [0.4, 0.5) is 5.13 Å². The molecule has 2 N–H and O–H groups in total. The number of rotatable bonds is 3. The van der Waals surface area contributed by atoms with Gasteiger partial charge < -0.3 is 10.6 Å². The lowest BCUT2D eigenvalue weighted by molar-refractivity contribution is 0.306. The van der Waals surface area contributed by atoms with Gasteiger partial charge in [0.2, 0.25) is 0 Å². The van der Waals surface area contributed by atoms with Crippen LogP contribution in [0, 0.1) is 5.92 Å². The molecule has 3 nitrogen and oxygen atoms in total. The molecule has 0 saturated heterocycles. The molecule has 0 amide bonds. The van der Waals surface area contributed by atoms with Crippen LogP contribution in [-0.2, 0) is 0 Å². The molecule has 0 spiro atoms. The van der Waals surface area contributed by atoms with Crippen molar-refractivity contribution in [3.8, 4) is 0 Å². The van der Waals surface area contributed by atoms with Crippen LogP contribution in [0.2, 0.25) is 0 Å². The maximum absolute atomic E-state index is 5.84. The van der Waals surface area contributed by atoms with E-state index in [1.165, 1.54) is 25.7 Å². The third-order valence-electron chi connectivity index (χ3n) is 3.39. The largest absolute Gasteiger partial charge is 0.348 e. The monoisotopic (exact) mass is 225 g/mol. The fourth-order valence-corrected chi connectivity index (χ4v) is 3.17. The Morgan fingerprint density at radius 3 is 3.00 bits per heavy atom. The molecule has 2 unspecified atom stereocenters. The van der Waals surface area contributed by atoms with Crippen LogP contribution in [0.15, 0.2) is 11.6 Å². The molecule has 0 aromatic carbocycles. The van der Waals surface area contributed by atoms with Gasteiger partial charge in [-0.15, -0.1) is 11.3 Å². The lowest BCUT2D eigenvalue weighted by atomic mass is 9.84. The lowest BCUT2D eigenvalue weighted by Gasteiger charge is -2.37. The molecule has 4 heteroatoms. The second-order valence-electron chi connectivity index (χ2n) is 4.27. The van der Waals surface area contributed by atoms with E-state index in [1.807, 2.05) is 11.6 Å². The molecule has 2 atom stereocenters. The molecular weight excluding hydrogens is 206 g/mol. The van der Waals surface area contributed by atoms with Gasteiger partial charge in [0.25, 0.3) is 0 Å². The van der Waals surface area contributed by atoms with Crippen LogP contribution in [0.5, 0.6) is 0 Å². The van der Waals surface area contributed by atoms with Crippen molar-refractivity contribution in [2.45, 2.75) is 31.7 Å². The smallest absolute Gasteiger partial charge is 0.185 e. The van der Waals surface area contributed by atoms with Gasteiger partial charge in [-0.05, 0) is 25.3 Å². The summed E-state index contributed by atoms with van der Waals surface area (Å²) in [5, 5.41) is 3.16. The average Bonchev–Trinajstić information content (AvgIpc) is 2.81. The zero-order valence-electron chi connectivity index (χ0n) is 9.22. The van der Waals surface area contributed by atoms with E-state index in [2.05, 4.69) is 16.9 Å². The van der Waals surface area contributed by atoms with Gasteiger partial charge in [0, 0.05) is 24.7 Å². The molecule has 1 fully saturated rings. The minimum atomic E-state index is 0.592. The van der Waals surface area contributed by atoms with Crippen LogP contribution < -0.4 is 10.6 Å². The predicted molar refractivity (Wildman–Crippen MR) is 65.3 cm³/mol. The Labute approximate surface area is 95.3 Å². The van der Waals surface area contributed by atoms with Crippen LogP contribution in [0.3, 0.4) is 0 Å². The van der Waals surface area contributed by atoms with Crippen LogP contribution in [0.25, 0.3) is 0 Å². The first-order valence-electron chi connectivity index (χ1n) is 5.65. The third-order valence-corrected chi connectivity index (χ3v) is 4.25. The second kappa shape index (κ2) is 4.94. The molecule has 1 aromatic rings. The van der Waals surface area contributed by atoms with Gasteiger partial charge in [0.1, 0.15) is 0 Å². The molecule has 0 aliphatic heterocycles. The average molecular weight is 225 g/mol. The number of hydrogen-bond donors (Lipinski definition) is 1. The Morgan fingerprint density at radius 2 is 2.33 bits per heavy atom. The number of anilines is 1. The van der Waals surface area contributed by atoms with Gasteiger partial charge in [-0.2, -0.15) is 0 Å². The zero-order chi connectivity index (χ0) is 10.7. The summed E-state index contributed by atoms with van der Waals surface area (Å²) in [5.41, 5.74) is 5.84. The molecule has 1 heterocycles. The van der Waals surface area contributed by atoms with Crippen molar-refractivity contribution < 1.29 is 0 Å². The number of aromatic nitrogens is 1. The van der Waals surface area contributed by atoms with Crippen molar-refractivity contribution in [2.75, 3.05) is 18.5 Å². The van der Waals surface area contributed by atoms with E-state index >= 15 is 0 Å². The SMILES string of the molecule is CN(c1nccs1)C1CCCCC1CN. The van der Waals surface area contributed by atoms with E-state index in [0.29, 0.717) is 12.0 Å². The predicted octanol–water partition coefficient (Wildman–Crippen LogP) is 2.10. The summed E-state index contributed by atoms with van der Waals surface area (Å²) in [4.78, 5) is 6.68. The molecule has 15 heavy (non-hydrogen) atoms. The third kappa shape index (κ3) is 2.32. The summed E-state index contributed by atoms with van der Waals surface area (Å²) < 4.78 is 0. The van der Waals surface area contributed by atoms with Crippen LogP contribution in [-0.4, -0.2) is 24.6 Å². The maximum atomic E-state index is 5.84. The molecule has 0 bridgehead atoms. The first-order valence-corrected chi connectivity index (χ1v) is 6.53. The topological polar surface area (TPSA) is 42.2 Å². The molecule has 1 aliphatic rings. The van der Waals surface area contributed by atoms with Crippen molar-refractivity contribution in [1.82, 2.24) is 4.98 Å². The highest BCUT2D eigenvalue weighted by Gasteiger charge is 2.28. The Hall–Kier alpha value is -0.610. The van der Waals surface area contributed by atoms with E-state index in [4.69, 9.17) is 5.73 Å². The minimum Gasteiger partial charge on any atom is -0.348 e. The first-order chi connectivity index (χ1) is 7.33. The summed E-state index contributed by atoms with van der Waals surface area (Å²) in [5.74, 6) is 0.646. The lowest BCUT2D eigenvalue weighted by Crippen LogP contribution is -2.43. The Balaban J connectivity index is 2.07. The summed E-state index contributed by atoms with van der Waals surface area (Å²) in [6, 6.07) is 0.592. The van der Waals surface area contributed by atoms with Gasteiger partial charge in [-0.1, -0.05) is 12.8 Å². The van der Waals surface area contributed by atoms with E-state index in [-0.39, 0.29) is 0 Å². The van der Waals surface area contributed by atoms with Crippen molar-refractivity contribution in [3.63, 3.8) is 0 Å². The fraction of sp³-hybridized carbons (Fsp3) is 0.727. The van der Waals surface area contributed by atoms with Crippen molar-refractivity contribution in [1.29, 1.82) is 0 Å². The highest BCUT2D eigenvalue weighted by atomic mass is 32.1. The fourth-order valence-electron chi connectivity index (χ4n) is 2.50. The van der Waals surface area contributed by atoms with E-state index in [1.54, 1.807) is 11.3 Å². The summed E-state index contributed by atoms with van der Waals surface area (Å²) in [6.45, 7) is 0.806. The molecule has 2 rings (SSSR count). The van der Waals surface area contributed by atoms with Crippen molar-refractivity contribution in [3.05, 3.63) is 11.6 Å². The zero-order valence-corrected chi connectivity index (χ0v) is 10.0. The number of hydrogen-bond acceptors (Lipinski definition) is 4. The number of nitrogens with zero attached hydrogens (tertiary/aromatic N) is 2.